The molecule has 0 unspecified atom stereocenters. The van der Waals surface area contributed by atoms with Crippen molar-refractivity contribution in [1.29, 1.82) is 0 Å². The first-order chi connectivity index (χ1) is 6.88. The van der Waals surface area contributed by atoms with E-state index in [1.165, 1.54) is 14.0 Å². The summed E-state index contributed by atoms with van der Waals surface area (Å²) in [5, 5.41) is 2.46. The van der Waals surface area contributed by atoms with E-state index < -0.39 is 17.9 Å². The predicted octanol–water partition coefficient (Wildman–Crippen LogP) is 0.279. The van der Waals surface area contributed by atoms with Gasteiger partial charge >= 0.3 is 5.97 Å². The molecule has 0 radical (unpaired) electrons. The van der Waals surface area contributed by atoms with Crippen molar-refractivity contribution in [2.45, 2.75) is 33.2 Å². The normalized spacial score (nSPS) is 12.1. The average molecular weight is 215 g/mol. The lowest BCUT2D eigenvalue weighted by molar-refractivity contribution is -0.146. The molecule has 0 spiro atoms. The summed E-state index contributed by atoms with van der Waals surface area (Å²) in [6.45, 7) is 4.90. The second-order valence-corrected chi connectivity index (χ2v) is 3.69. The van der Waals surface area contributed by atoms with E-state index in [1.54, 1.807) is 13.8 Å². The Bertz CT molecular complexity index is 260. The number of esters is 1. The molecule has 15 heavy (non-hydrogen) atoms. The molecular weight excluding hydrogens is 198 g/mol. The quantitative estimate of drug-likeness (QED) is 0.528. The molecule has 0 saturated heterocycles. The largest absolute Gasteiger partial charge is 0.467 e. The second-order valence-electron chi connectivity index (χ2n) is 3.69. The fourth-order valence-corrected chi connectivity index (χ4v) is 1.08. The molecule has 0 saturated carbocycles. The molecule has 1 amide bonds. The zero-order valence-electron chi connectivity index (χ0n) is 9.49. The van der Waals surface area contributed by atoms with Crippen LogP contribution in [0.5, 0.6) is 0 Å². The number of carbonyl (C=O) groups is 3. The van der Waals surface area contributed by atoms with Gasteiger partial charge in [-0.05, 0) is 12.8 Å². The maximum Gasteiger partial charge on any atom is 0.328 e. The highest BCUT2D eigenvalue weighted by Gasteiger charge is 2.24. The molecule has 1 N–H and O–H groups in total. The summed E-state index contributed by atoms with van der Waals surface area (Å²) in [5.41, 5.74) is 0. The van der Waals surface area contributed by atoms with Gasteiger partial charge < -0.3 is 10.1 Å². The highest BCUT2D eigenvalue weighted by molar-refractivity contribution is 5.98. The van der Waals surface area contributed by atoms with Gasteiger partial charge in [0.1, 0.15) is 11.8 Å². The van der Waals surface area contributed by atoms with Gasteiger partial charge in [-0.3, -0.25) is 9.59 Å². The van der Waals surface area contributed by atoms with Crippen LogP contribution >= 0.6 is 0 Å². The Labute approximate surface area is 89.2 Å². The van der Waals surface area contributed by atoms with Crippen molar-refractivity contribution >= 4 is 17.7 Å². The highest BCUT2D eigenvalue weighted by atomic mass is 16.5. The molecule has 0 bridgehead atoms. The Morgan fingerprint density at radius 3 is 2.13 bits per heavy atom. The third-order valence-electron chi connectivity index (χ3n) is 1.85. The zero-order chi connectivity index (χ0) is 12.0. The Kier molecular flexibility index (Phi) is 5.59. The fraction of sp³-hybridized carbons (Fsp3) is 0.700. The summed E-state index contributed by atoms with van der Waals surface area (Å²) in [6, 6.07) is -0.693. The number of carbonyl (C=O) groups excluding carboxylic acids is 3. The van der Waals surface area contributed by atoms with Gasteiger partial charge in [0.25, 0.3) is 0 Å². The van der Waals surface area contributed by atoms with Gasteiger partial charge in [0, 0.05) is 0 Å². The van der Waals surface area contributed by atoms with Crippen LogP contribution in [0.1, 0.15) is 27.2 Å². The summed E-state index contributed by atoms with van der Waals surface area (Å²) in [7, 11) is 1.26. The molecule has 0 aliphatic rings. The number of ketones is 1. The SMILES string of the molecule is COC(=O)[C@@H](NC(=O)CC(C)=O)C(C)C. The minimum Gasteiger partial charge on any atom is -0.467 e. The second kappa shape index (κ2) is 6.16. The number of Topliss-reactive ketones (excluding diaryl/α,β-unsaturated/α-hetero) is 1. The first-order valence-electron chi connectivity index (χ1n) is 4.75. The van der Waals surface area contributed by atoms with Crippen LogP contribution in [0.15, 0.2) is 0 Å². The topological polar surface area (TPSA) is 72.5 Å². The molecule has 0 rings (SSSR count). The smallest absolute Gasteiger partial charge is 0.328 e. The van der Waals surface area contributed by atoms with Crippen LogP contribution in [0.2, 0.25) is 0 Å². The third-order valence-corrected chi connectivity index (χ3v) is 1.85. The van der Waals surface area contributed by atoms with E-state index >= 15 is 0 Å². The molecule has 0 fully saturated rings. The van der Waals surface area contributed by atoms with E-state index in [0.717, 1.165) is 0 Å². The highest BCUT2D eigenvalue weighted by Crippen LogP contribution is 2.03. The molecule has 86 valence electrons. The summed E-state index contributed by atoms with van der Waals surface area (Å²) in [6.07, 6.45) is -0.208. The molecule has 0 aromatic heterocycles. The molecule has 1 atom stereocenters. The van der Waals surface area contributed by atoms with Gasteiger partial charge in [0.15, 0.2) is 0 Å². The number of rotatable bonds is 5. The number of hydrogen-bond acceptors (Lipinski definition) is 4. The maximum absolute atomic E-state index is 11.3. The van der Waals surface area contributed by atoms with Crippen LogP contribution in [0.4, 0.5) is 0 Å². The van der Waals surface area contributed by atoms with Crippen molar-refractivity contribution in [2.24, 2.45) is 5.92 Å². The summed E-state index contributed by atoms with van der Waals surface area (Å²) in [5.74, 6) is -1.26. The van der Waals surface area contributed by atoms with Crippen molar-refractivity contribution in [3.05, 3.63) is 0 Å². The summed E-state index contributed by atoms with van der Waals surface area (Å²) >= 11 is 0. The number of amides is 1. The van der Waals surface area contributed by atoms with E-state index in [4.69, 9.17) is 0 Å². The summed E-state index contributed by atoms with van der Waals surface area (Å²) in [4.78, 5) is 33.2. The van der Waals surface area contributed by atoms with Crippen molar-refractivity contribution < 1.29 is 19.1 Å². The fourth-order valence-electron chi connectivity index (χ4n) is 1.08. The molecule has 0 aliphatic carbocycles. The van der Waals surface area contributed by atoms with Crippen molar-refractivity contribution in [2.75, 3.05) is 7.11 Å². The maximum atomic E-state index is 11.3. The van der Waals surface area contributed by atoms with Crippen molar-refractivity contribution in [3.8, 4) is 0 Å². The van der Waals surface area contributed by atoms with E-state index in [2.05, 4.69) is 10.1 Å². The lowest BCUT2D eigenvalue weighted by Gasteiger charge is -2.19. The van der Waals surface area contributed by atoms with Gasteiger partial charge in [0.05, 0.1) is 13.5 Å². The van der Waals surface area contributed by atoms with E-state index in [-0.39, 0.29) is 18.1 Å². The first kappa shape index (κ1) is 13.6. The van der Waals surface area contributed by atoms with Crippen LogP contribution < -0.4 is 5.32 Å². The molecule has 0 aromatic rings. The lowest BCUT2D eigenvalue weighted by atomic mass is 10.0. The molecule has 5 heteroatoms. The van der Waals surface area contributed by atoms with E-state index in [0.29, 0.717) is 0 Å². The van der Waals surface area contributed by atoms with Crippen LogP contribution in [-0.2, 0) is 19.1 Å². The van der Waals surface area contributed by atoms with Crippen LogP contribution in [-0.4, -0.2) is 30.8 Å². The van der Waals surface area contributed by atoms with Gasteiger partial charge in [-0.25, -0.2) is 4.79 Å². The van der Waals surface area contributed by atoms with Crippen LogP contribution in [0, 0.1) is 5.92 Å². The minimum absolute atomic E-state index is 0.0756. The van der Waals surface area contributed by atoms with Crippen LogP contribution in [0.25, 0.3) is 0 Å². The standard InChI is InChI=1S/C10H17NO4/c1-6(2)9(10(14)15-4)11-8(13)5-7(3)12/h6,9H,5H2,1-4H3,(H,11,13)/t9-/m0/s1. The molecule has 0 heterocycles. The van der Waals surface area contributed by atoms with Gasteiger partial charge in [0.2, 0.25) is 5.91 Å². The van der Waals surface area contributed by atoms with Gasteiger partial charge in [-0.15, -0.1) is 0 Å². The molecule has 5 nitrogen and oxygen atoms in total. The molecule has 0 aliphatic heterocycles. The molecule has 0 aromatic carbocycles. The lowest BCUT2D eigenvalue weighted by Crippen LogP contribution is -2.45. The predicted molar refractivity (Wildman–Crippen MR) is 54.1 cm³/mol. The summed E-state index contributed by atoms with van der Waals surface area (Å²) < 4.78 is 4.54. The minimum atomic E-state index is -0.693. The number of nitrogens with one attached hydrogen (secondary N) is 1. The third kappa shape index (κ3) is 5.15. The van der Waals surface area contributed by atoms with Gasteiger partial charge in [-0.1, -0.05) is 13.8 Å². The number of methoxy groups -OCH3 is 1. The number of ether oxygens (including phenoxy) is 1. The molecular formula is C10H17NO4. The Hall–Kier alpha value is -1.39. The Morgan fingerprint density at radius 2 is 1.80 bits per heavy atom. The monoisotopic (exact) mass is 215 g/mol. The first-order valence-corrected chi connectivity index (χ1v) is 4.75. The van der Waals surface area contributed by atoms with Crippen molar-refractivity contribution in [1.82, 2.24) is 5.32 Å². The average Bonchev–Trinajstić information content (AvgIpc) is 2.11. The number of hydrogen-bond donors (Lipinski definition) is 1. The Morgan fingerprint density at radius 1 is 1.27 bits per heavy atom. The van der Waals surface area contributed by atoms with E-state index in [1.807, 2.05) is 0 Å². The van der Waals surface area contributed by atoms with Crippen molar-refractivity contribution in [3.63, 3.8) is 0 Å². The van der Waals surface area contributed by atoms with Gasteiger partial charge in [-0.2, -0.15) is 0 Å². The van der Waals surface area contributed by atoms with E-state index in [9.17, 15) is 14.4 Å². The zero-order valence-corrected chi connectivity index (χ0v) is 9.49. The van der Waals surface area contributed by atoms with Crippen LogP contribution in [0.3, 0.4) is 0 Å². The Balaban J connectivity index is 4.35.